The molecule has 0 aromatic rings. The number of carbonyl (C=O) groups is 1. The highest BCUT2D eigenvalue weighted by Crippen LogP contribution is 2.17. The molecule has 5 heteroatoms. The van der Waals surface area contributed by atoms with Crippen LogP contribution in [0.2, 0.25) is 0 Å². The second kappa shape index (κ2) is 9.64. The number of aliphatic hydroxyl groups excluding tert-OH is 1. The van der Waals surface area contributed by atoms with Crippen LogP contribution in [0.1, 0.15) is 40.5 Å². The third-order valence-electron chi connectivity index (χ3n) is 2.53. The van der Waals surface area contributed by atoms with Crippen molar-refractivity contribution in [3.63, 3.8) is 0 Å². The molecule has 2 N–H and O–H groups in total. The molecule has 0 saturated carbocycles. The van der Waals surface area contributed by atoms with Crippen molar-refractivity contribution in [1.82, 2.24) is 5.32 Å². The van der Waals surface area contributed by atoms with Gasteiger partial charge in [-0.2, -0.15) is 11.8 Å². The number of thioether (sulfide) groups is 1. The van der Waals surface area contributed by atoms with Gasteiger partial charge in [-0.25, -0.2) is 0 Å². The molecule has 108 valence electrons. The van der Waals surface area contributed by atoms with Gasteiger partial charge in [-0.05, 0) is 52.0 Å². The van der Waals surface area contributed by atoms with Crippen molar-refractivity contribution in [2.75, 3.05) is 24.7 Å². The second-order valence-electron chi connectivity index (χ2n) is 4.79. The van der Waals surface area contributed by atoms with E-state index in [0.717, 1.165) is 24.3 Å². The zero-order chi connectivity index (χ0) is 14.0. The van der Waals surface area contributed by atoms with Crippen LogP contribution in [0.25, 0.3) is 0 Å². The van der Waals surface area contributed by atoms with Gasteiger partial charge in [0, 0.05) is 12.6 Å². The highest BCUT2D eigenvalue weighted by atomic mass is 32.2. The van der Waals surface area contributed by atoms with Crippen molar-refractivity contribution in [3.8, 4) is 0 Å². The summed E-state index contributed by atoms with van der Waals surface area (Å²) < 4.78 is 5.14. The van der Waals surface area contributed by atoms with Crippen LogP contribution in [-0.4, -0.2) is 47.4 Å². The number of hydrogen-bond donors (Lipinski definition) is 2. The van der Waals surface area contributed by atoms with Crippen LogP contribution in [0.3, 0.4) is 0 Å². The van der Waals surface area contributed by atoms with Crippen molar-refractivity contribution in [1.29, 1.82) is 0 Å². The van der Waals surface area contributed by atoms with Gasteiger partial charge in [0.05, 0.1) is 6.61 Å². The van der Waals surface area contributed by atoms with Crippen LogP contribution in [-0.2, 0) is 9.53 Å². The maximum absolute atomic E-state index is 12.0. The molecule has 0 aromatic carbocycles. The third-order valence-corrected chi connectivity index (χ3v) is 3.60. The Bertz CT molecular complexity index is 236. The molecule has 0 fully saturated rings. The lowest BCUT2D eigenvalue weighted by Crippen LogP contribution is -2.53. The Balaban J connectivity index is 4.25. The van der Waals surface area contributed by atoms with E-state index in [1.807, 2.05) is 27.7 Å². The molecule has 0 aliphatic heterocycles. The summed E-state index contributed by atoms with van der Waals surface area (Å²) in [6.07, 6.45) is 1.54. The third kappa shape index (κ3) is 7.24. The number of rotatable bonds is 10. The Hall–Kier alpha value is -0.260. The van der Waals surface area contributed by atoms with E-state index in [2.05, 4.69) is 5.32 Å². The largest absolute Gasteiger partial charge is 0.465 e. The fourth-order valence-electron chi connectivity index (χ4n) is 1.71. The zero-order valence-corrected chi connectivity index (χ0v) is 12.8. The Kier molecular flexibility index (Phi) is 9.50. The topological polar surface area (TPSA) is 58.6 Å². The van der Waals surface area contributed by atoms with Crippen molar-refractivity contribution in [2.24, 2.45) is 0 Å². The molecule has 0 saturated heterocycles. The summed E-state index contributed by atoms with van der Waals surface area (Å²) >= 11 is 1.76. The maximum Gasteiger partial charge on any atom is 0.326 e. The van der Waals surface area contributed by atoms with E-state index in [-0.39, 0.29) is 18.6 Å². The SMILES string of the molecule is CCOC(=O)C(C)(CCSCCCO)NC(C)C. The van der Waals surface area contributed by atoms with Crippen molar-refractivity contribution in [3.05, 3.63) is 0 Å². The van der Waals surface area contributed by atoms with E-state index >= 15 is 0 Å². The van der Waals surface area contributed by atoms with E-state index in [4.69, 9.17) is 9.84 Å². The predicted molar refractivity (Wildman–Crippen MR) is 77.0 cm³/mol. The summed E-state index contributed by atoms with van der Waals surface area (Å²) in [7, 11) is 0. The highest BCUT2D eigenvalue weighted by Gasteiger charge is 2.34. The molecule has 0 amide bonds. The minimum atomic E-state index is -0.615. The lowest BCUT2D eigenvalue weighted by Gasteiger charge is -2.30. The summed E-state index contributed by atoms with van der Waals surface area (Å²) in [6, 6.07) is 0.238. The highest BCUT2D eigenvalue weighted by molar-refractivity contribution is 7.99. The molecule has 0 heterocycles. The van der Waals surface area contributed by atoms with Gasteiger partial charge >= 0.3 is 5.97 Å². The van der Waals surface area contributed by atoms with Crippen LogP contribution in [0.15, 0.2) is 0 Å². The van der Waals surface area contributed by atoms with Gasteiger partial charge in [0.1, 0.15) is 5.54 Å². The summed E-state index contributed by atoms with van der Waals surface area (Å²) in [4.78, 5) is 12.0. The Morgan fingerprint density at radius 3 is 2.61 bits per heavy atom. The number of carbonyl (C=O) groups excluding carboxylic acids is 1. The number of nitrogens with one attached hydrogen (secondary N) is 1. The molecule has 18 heavy (non-hydrogen) atoms. The molecule has 0 rings (SSSR count). The molecular formula is C13H27NO3S. The fourth-order valence-corrected chi connectivity index (χ4v) is 2.80. The maximum atomic E-state index is 12.0. The molecule has 0 aliphatic carbocycles. The molecule has 0 aromatic heterocycles. The van der Waals surface area contributed by atoms with E-state index in [9.17, 15) is 4.79 Å². The van der Waals surface area contributed by atoms with Crippen molar-refractivity contribution < 1.29 is 14.6 Å². The summed E-state index contributed by atoms with van der Waals surface area (Å²) in [5, 5.41) is 12.0. The van der Waals surface area contributed by atoms with Crippen LogP contribution >= 0.6 is 11.8 Å². The van der Waals surface area contributed by atoms with Crippen LogP contribution < -0.4 is 5.32 Å². The quantitative estimate of drug-likeness (QED) is 0.471. The fraction of sp³-hybridized carbons (Fsp3) is 0.923. The van der Waals surface area contributed by atoms with E-state index < -0.39 is 5.54 Å². The molecule has 0 spiro atoms. The number of ether oxygens (including phenoxy) is 1. The smallest absolute Gasteiger partial charge is 0.326 e. The molecule has 1 unspecified atom stereocenters. The van der Waals surface area contributed by atoms with Gasteiger partial charge in [0.15, 0.2) is 0 Å². The standard InChI is InChI=1S/C13H27NO3S/c1-5-17-12(16)13(4,14-11(2)3)7-10-18-9-6-8-15/h11,14-15H,5-10H2,1-4H3. The van der Waals surface area contributed by atoms with Gasteiger partial charge in [-0.1, -0.05) is 0 Å². The lowest BCUT2D eigenvalue weighted by molar-refractivity contribution is -0.150. The predicted octanol–water partition coefficient (Wildman–Crippen LogP) is 1.81. The van der Waals surface area contributed by atoms with Gasteiger partial charge < -0.3 is 9.84 Å². The first-order valence-corrected chi connectivity index (χ1v) is 7.75. The first-order valence-electron chi connectivity index (χ1n) is 6.59. The first kappa shape index (κ1) is 17.7. The minimum Gasteiger partial charge on any atom is -0.465 e. The molecule has 0 radical (unpaired) electrons. The zero-order valence-electron chi connectivity index (χ0n) is 12.0. The van der Waals surface area contributed by atoms with Gasteiger partial charge in [-0.3, -0.25) is 10.1 Å². The van der Waals surface area contributed by atoms with Gasteiger partial charge in [0.25, 0.3) is 0 Å². The van der Waals surface area contributed by atoms with E-state index in [0.29, 0.717) is 6.61 Å². The Labute approximate surface area is 115 Å². The summed E-state index contributed by atoms with van der Waals surface area (Å²) in [6.45, 7) is 8.41. The number of esters is 1. The summed E-state index contributed by atoms with van der Waals surface area (Å²) in [5.74, 6) is 1.63. The van der Waals surface area contributed by atoms with Crippen molar-refractivity contribution in [2.45, 2.75) is 52.1 Å². The minimum absolute atomic E-state index is 0.179. The van der Waals surface area contributed by atoms with Crippen LogP contribution in [0.5, 0.6) is 0 Å². The van der Waals surface area contributed by atoms with Gasteiger partial charge in [-0.15, -0.1) is 0 Å². The van der Waals surface area contributed by atoms with Gasteiger partial charge in [0.2, 0.25) is 0 Å². The van der Waals surface area contributed by atoms with Crippen LogP contribution in [0.4, 0.5) is 0 Å². The average Bonchev–Trinajstić information content (AvgIpc) is 2.28. The number of aliphatic hydroxyl groups is 1. The second-order valence-corrected chi connectivity index (χ2v) is 6.02. The molecular weight excluding hydrogens is 250 g/mol. The Morgan fingerprint density at radius 2 is 2.11 bits per heavy atom. The monoisotopic (exact) mass is 277 g/mol. The molecule has 0 bridgehead atoms. The summed E-state index contributed by atoms with van der Waals surface area (Å²) in [5.41, 5.74) is -0.615. The Morgan fingerprint density at radius 1 is 1.44 bits per heavy atom. The van der Waals surface area contributed by atoms with E-state index in [1.165, 1.54) is 0 Å². The first-order chi connectivity index (χ1) is 8.46. The molecule has 1 atom stereocenters. The van der Waals surface area contributed by atoms with E-state index in [1.54, 1.807) is 11.8 Å². The van der Waals surface area contributed by atoms with Crippen molar-refractivity contribution >= 4 is 17.7 Å². The molecule has 4 nitrogen and oxygen atoms in total. The van der Waals surface area contributed by atoms with Crippen LogP contribution in [0, 0.1) is 0 Å². The average molecular weight is 277 g/mol. The molecule has 0 aliphatic rings. The number of hydrogen-bond acceptors (Lipinski definition) is 5. The lowest BCUT2D eigenvalue weighted by atomic mass is 9.98. The normalized spacial score (nSPS) is 14.6.